The zero-order valence-electron chi connectivity index (χ0n) is 37.6. The fraction of sp³-hybridized carbons (Fsp3) is 0.0606. The molecule has 68 heavy (non-hydrogen) atoms. The first kappa shape index (κ1) is 37.7. The first-order chi connectivity index (χ1) is 33.5. The monoisotopic (exact) mass is 866 g/mol. The molecule has 2 nitrogen and oxygen atoms in total. The molecular formula is C66H42O2. The van der Waals surface area contributed by atoms with Gasteiger partial charge >= 0.3 is 0 Å². The average Bonchev–Trinajstić information content (AvgIpc) is 4.11. The van der Waals surface area contributed by atoms with E-state index in [4.69, 9.17) is 8.83 Å². The van der Waals surface area contributed by atoms with E-state index in [1.165, 1.54) is 93.7 Å². The molecule has 0 saturated carbocycles. The summed E-state index contributed by atoms with van der Waals surface area (Å²) in [7, 11) is 0. The van der Waals surface area contributed by atoms with E-state index in [-0.39, 0.29) is 5.41 Å². The Morgan fingerprint density at radius 1 is 0.294 bits per heavy atom. The van der Waals surface area contributed by atoms with E-state index < -0.39 is 5.41 Å². The second kappa shape index (κ2) is 13.6. The average molecular weight is 867 g/mol. The third-order valence-electron chi connectivity index (χ3n) is 15.7. The van der Waals surface area contributed by atoms with Gasteiger partial charge in [0, 0.05) is 27.0 Å². The topological polar surface area (TPSA) is 26.3 Å². The molecule has 2 aromatic heterocycles. The summed E-state index contributed by atoms with van der Waals surface area (Å²) in [4.78, 5) is 0. The van der Waals surface area contributed by atoms with Crippen LogP contribution in [0.25, 0.3) is 110 Å². The molecule has 0 radical (unpaired) electrons. The van der Waals surface area contributed by atoms with Crippen LogP contribution in [0.1, 0.15) is 47.2 Å². The maximum absolute atomic E-state index is 6.97. The largest absolute Gasteiger partial charge is 0.456 e. The number of furan rings is 2. The van der Waals surface area contributed by atoms with Gasteiger partial charge in [0.25, 0.3) is 0 Å². The summed E-state index contributed by atoms with van der Waals surface area (Å²) in [6.07, 6.45) is 0. The van der Waals surface area contributed by atoms with Gasteiger partial charge in [0.05, 0.1) is 5.41 Å². The predicted octanol–water partition coefficient (Wildman–Crippen LogP) is 17.8. The van der Waals surface area contributed by atoms with Crippen LogP contribution in [0.5, 0.6) is 0 Å². The summed E-state index contributed by atoms with van der Waals surface area (Å²) in [6.45, 7) is 4.68. The van der Waals surface area contributed by atoms with Crippen LogP contribution in [-0.2, 0) is 10.8 Å². The van der Waals surface area contributed by atoms with E-state index >= 15 is 0 Å². The highest BCUT2D eigenvalue weighted by atomic mass is 16.3. The summed E-state index contributed by atoms with van der Waals surface area (Å²) >= 11 is 0. The van der Waals surface area contributed by atoms with E-state index in [0.717, 1.165) is 49.6 Å². The maximum Gasteiger partial charge on any atom is 0.136 e. The molecule has 0 bridgehead atoms. The van der Waals surface area contributed by atoms with Crippen molar-refractivity contribution in [3.63, 3.8) is 0 Å². The third-order valence-corrected chi connectivity index (χ3v) is 15.7. The number of benzene rings is 11. The smallest absolute Gasteiger partial charge is 0.136 e. The lowest BCUT2D eigenvalue weighted by Crippen LogP contribution is -2.28. The van der Waals surface area contributed by atoms with Crippen molar-refractivity contribution in [1.82, 2.24) is 0 Å². The molecule has 15 rings (SSSR count). The molecule has 2 aliphatic carbocycles. The Balaban J connectivity index is 0.927. The van der Waals surface area contributed by atoms with Gasteiger partial charge in [-0.3, -0.25) is 0 Å². The quantitative estimate of drug-likeness (QED) is 0.165. The fourth-order valence-electron chi connectivity index (χ4n) is 12.9. The van der Waals surface area contributed by atoms with Crippen LogP contribution in [0, 0.1) is 0 Å². The van der Waals surface area contributed by atoms with Crippen molar-refractivity contribution in [2.75, 3.05) is 0 Å². The van der Waals surface area contributed by atoms with Crippen LogP contribution in [0.15, 0.2) is 227 Å². The fourth-order valence-corrected chi connectivity index (χ4v) is 12.9. The molecule has 0 N–H and O–H groups in total. The number of hydrogen-bond acceptors (Lipinski definition) is 2. The van der Waals surface area contributed by atoms with Gasteiger partial charge < -0.3 is 8.83 Å². The Kier molecular flexibility index (Phi) is 7.53. The molecule has 2 heterocycles. The lowest BCUT2D eigenvalue weighted by molar-refractivity contribution is 0.656. The minimum absolute atomic E-state index is 0.0808. The van der Waals surface area contributed by atoms with E-state index in [0.29, 0.717) is 0 Å². The molecule has 11 aromatic carbocycles. The first-order valence-corrected chi connectivity index (χ1v) is 23.7. The summed E-state index contributed by atoms with van der Waals surface area (Å²) in [5.41, 5.74) is 20.6. The van der Waals surface area contributed by atoms with Gasteiger partial charge in [0.1, 0.15) is 22.3 Å². The third kappa shape index (κ3) is 4.81. The van der Waals surface area contributed by atoms with Crippen LogP contribution in [0.4, 0.5) is 0 Å². The highest BCUT2D eigenvalue weighted by Crippen LogP contribution is 2.59. The first-order valence-electron chi connectivity index (χ1n) is 23.7. The van der Waals surface area contributed by atoms with Gasteiger partial charge in [0.2, 0.25) is 0 Å². The van der Waals surface area contributed by atoms with Crippen LogP contribution < -0.4 is 0 Å². The lowest BCUT2D eigenvalue weighted by Gasteiger charge is -2.33. The summed E-state index contributed by atoms with van der Waals surface area (Å²) in [5.74, 6) is 0. The number of hydrogen-bond donors (Lipinski definition) is 0. The van der Waals surface area contributed by atoms with Crippen molar-refractivity contribution < 1.29 is 8.83 Å². The Hall–Kier alpha value is -8.46. The zero-order valence-corrected chi connectivity index (χ0v) is 37.6. The molecule has 0 spiro atoms. The Morgan fingerprint density at radius 2 is 0.706 bits per heavy atom. The van der Waals surface area contributed by atoms with Gasteiger partial charge in [0.15, 0.2) is 0 Å². The van der Waals surface area contributed by atoms with Gasteiger partial charge in [-0.2, -0.15) is 0 Å². The van der Waals surface area contributed by atoms with Gasteiger partial charge in [-0.15, -0.1) is 0 Å². The lowest BCUT2D eigenvalue weighted by atomic mass is 9.67. The molecule has 0 unspecified atom stereocenters. The van der Waals surface area contributed by atoms with Gasteiger partial charge in [-0.25, -0.2) is 0 Å². The standard InChI is InChI=1S/C66H42O2/c1-65(2)51-27-15-13-25-47(51)61-53(65)33-35-55-63(61)49-31-29-39(37-57(49)67-55)59-43-21-9-11-23-45(43)60(46-24-12-10-22-44(46)59)40-30-32-50-58(38-40)68-56-36-34-54-62(64(50)56)48-26-14-16-28-52(48)66(54,41-17-5-3-6-18-41)42-19-7-4-8-20-42/h3-38H,1-2H3. The molecule has 0 fully saturated rings. The van der Waals surface area contributed by atoms with Crippen molar-refractivity contribution in [1.29, 1.82) is 0 Å². The minimum Gasteiger partial charge on any atom is -0.456 e. The van der Waals surface area contributed by atoms with Crippen molar-refractivity contribution >= 4 is 65.4 Å². The summed E-state index contributed by atoms with van der Waals surface area (Å²) in [6, 6.07) is 80.3. The zero-order chi connectivity index (χ0) is 44.9. The maximum atomic E-state index is 6.97. The molecule has 0 amide bonds. The molecule has 0 saturated heterocycles. The Labute approximate surface area is 393 Å². The second-order valence-electron chi connectivity index (χ2n) is 19.4. The van der Waals surface area contributed by atoms with E-state index in [1.54, 1.807) is 0 Å². The van der Waals surface area contributed by atoms with Crippen LogP contribution >= 0.6 is 0 Å². The van der Waals surface area contributed by atoms with E-state index in [9.17, 15) is 0 Å². The molecule has 2 heteroatoms. The van der Waals surface area contributed by atoms with Crippen LogP contribution in [0.3, 0.4) is 0 Å². The Morgan fingerprint density at radius 3 is 1.22 bits per heavy atom. The van der Waals surface area contributed by atoms with Crippen molar-refractivity contribution in [2.45, 2.75) is 24.7 Å². The summed E-state index contributed by atoms with van der Waals surface area (Å²) in [5, 5.41) is 9.43. The highest BCUT2D eigenvalue weighted by molar-refractivity contribution is 6.24. The van der Waals surface area contributed by atoms with Crippen LogP contribution in [0.2, 0.25) is 0 Å². The van der Waals surface area contributed by atoms with E-state index in [1.807, 2.05) is 0 Å². The molecule has 0 aliphatic heterocycles. The molecule has 2 aliphatic rings. The normalized spacial score (nSPS) is 14.3. The molecule has 318 valence electrons. The highest BCUT2D eigenvalue weighted by Gasteiger charge is 2.47. The SMILES string of the molecule is CC1(C)c2ccccc2-c2c1ccc1oc3cc(-c4c5ccccc5c(-c5ccc6c(c5)oc5ccc7c(c56)-c5ccccc5C7(c5ccccc5)c5ccccc5)c5ccccc45)ccc3c21. The molecule has 0 atom stereocenters. The number of fused-ring (bicyclic) bond motifs is 16. The van der Waals surface area contributed by atoms with Gasteiger partial charge in [-0.1, -0.05) is 196 Å². The van der Waals surface area contributed by atoms with Gasteiger partial charge in [-0.05, 0) is 136 Å². The second-order valence-corrected chi connectivity index (χ2v) is 19.4. The predicted molar refractivity (Wildman–Crippen MR) is 282 cm³/mol. The summed E-state index contributed by atoms with van der Waals surface area (Å²) < 4.78 is 13.8. The molecular weight excluding hydrogens is 825 g/mol. The van der Waals surface area contributed by atoms with Crippen LogP contribution in [-0.4, -0.2) is 0 Å². The number of rotatable bonds is 4. The van der Waals surface area contributed by atoms with Crippen molar-refractivity contribution in [2.24, 2.45) is 0 Å². The molecule has 13 aromatic rings. The van der Waals surface area contributed by atoms with Crippen molar-refractivity contribution in [3.05, 3.63) is 252 Å². The Bertz CT molecular complexity index is 4180. The van der Waals surface area contributed by atoms with Crippen molar-refractivity contribution in [3.8, 4) is 44.5 Å². The van der Waals surface area contributed by atoms with E-state index in [2.05, 4.69) is 232 Å². The minimum atomic E-state index is -0.482.